The summed E-state index contributed by atoms with van der Waals surface area (Å²) < 4.78 is 0. The van der Waals surface area contributed by atoms with Gasteiger partial charge in [0.2, 0.25) is 0 Å². The molecule has 120 heavy (non-hydrogen) atoms. The zero-order valence-corrected chi connectivity index (χ0v) is 65.6. The Morgan fingerprint density at radius 3 is 0.200 bits per heavy atom. The third kappa shape index (κ3) is 10.3. The van der Waals surface area contributed by atoms with Crippen LogP contribution in [-0.4, -0.2) is 0 Å². The van der Waals surface area contributed by atoms with E-state index in [1.165, 1.54) is 259 Å². The Kier molecular flexibility index (Phi) is 15.2. The van der Waals surface area contributed by atoms with E-state index in [1.54, 1.807) is 0 Å². The summed E-state index contributed by atoms with van der Waals surface area (Å²) in [6.45, 7) is 0. The summed E-state index contributed by atoms with van der Waals surface area (Å²) in [7, 11) is 0. The smallest absolute Gasteiger partial charge is 0.00262 e. The van der Waals surface area contributed by atoms with Crippen LogP contribution in [0.2, 0.25) is 0 Å². The number of hydrogen-bond acceptors (Lipinski definition) is 0. The predicted molar refractivity (Wildman–Crippen MR) is 526 cm³/mol. The predicted octanol–water partition coefficient (Wildman–Crippen LogP) is 34.4. The summed E-state index contributed by atoms with van der Waals surface area (Å²) in [5, 5.41) is 58.0. The fourth-order valence-electron chi connectivity index (χ4n) is 21.5. The lowest BCUT2D eigenvalue weighted by atomic mass is 9.89. The van der Waals surface area contributed by atoms with Crippen molar-refractivity contribution in [2.24, 2.45) is 0 Å². The first-order valence-corrected chi connectivity index (χ1v) is 41.9. The quantitative estimate of drug-likeness (QED) is 0.133. The van der Waals surface area contributed by atoms with Crippen LogP contribution in [0, 0.1) is 0 Å². The van der Waals surface area contributed by atoms with E-state index in [-0.39, 0.29) is 0 Å². The van der Waals surface area contributed by atoms with Gasteiger partial charge in [-0.2, -0.15) is 0 Å². The van der Waals surface area contributed by atoms with E-state index in [1.807, 2.05) is 0 Å². The van der Waals surface area contributed by atoms with Crippen molar-refractivity contribution in [1.29, 1.82) is 0 Å². The van der Waals surface area contributed by atoms with E-state index in [0.717, 1.165) is 0 Å². The molecule has 0 N–H and O–H groups in total. The molecule has 0 nitrogen and oxygen atoms in total. The number of benzene rings is 24. The molecule has 0 aromatic heterocycles. The molecule has 25 rings (SSSR count). The van der Waals surface area contributed by atoms with Gasteiger partial charge in [-0.25, -0.2) is 0 Å². The Morgan fingerprint density at radius 2 is 0.133 bits per heavy atom. The minimum absolute atomic E-state index is 1.18. The minimum atomic E-state index is 1.18. The van der Waals surface area contributed by atoms with Gasteiger partial charge in [-0.15, -0.1) is 0 Å². The van der Waals surface area contributed by atoms with Crippen molar-refractivity contribution in [1.82, 2.24) is 0 Å². The third-order valence-corrected chi connectivity index (χ3v) is 26.2. The second-order valence-corrected chi connectivity index (χ2v) is 32.5. The highest BCUT2D eigenvalue weighted by Gasteiger charge is 2.20. The molecule has 0 saturated carbocycles. The Hall–Kier alpha value is -15.6. The second-order valence-electron chi connectivity index (χ2n) is 32.5. The SMILES string of the molecule is c1cc2cc(c1)c1c3ccccc3c(c3cccc(c3)c3c4ccccc4c(c4cccc(c4)c4c5ccccc5c(c5cccc(c5)c5c6ccccc6c(c6cccc(c6)c6c7ccccc7c(c7cccc(c7)c7c8ccccc8c2c2ccccc27)c2ccccc26)c2ccccc25)c2ccccc24)c2ccccc23)c2ccccc21. The van der Waals surface area contributed by atoms with E-state index in [0.29, 0.717) is 0 Å². The number of fused-ring (bicyclic) bond motifs is 42. The van der Waals surface area contributed by atoms with Crippen molar-refractivity contribution >= 4 is 259 Å². The maximum atomic E-state index is 2.47. The molecule has 0 aliphatic carbocycles. The van der Waals surface area contributed by atoms with Crippen molar-refractivity contribution < 1.29 is 0 Å². The van der Waals surface area contributed by atoms with Gasteiger partial charge in [0, 0.05) is 0 Å². The van der Waals surface area contributed by atoms with Gasteiger partial charge in [-0.1, -0.05) is 400 Å². The molecular weight excluding hydrogens is 1440 g/mol. The molecule has 0 heteroatoms. The Bertz CT molecular complexity index is 7050. The van der Waals surface area contributed by atoms with Crippen LogP contribution in [0.25, 0.3) is 259 Å². The van der Waals surface area contributed by atoms with Crippen LogP contribution in [0.4, 0.5) is 0 Å². The number of hydrogen-bond donors (Lipinski definition) is 0. The van der Waals surface area contributed by atoms with Gasteiger partial charge in [-0.05, 0) is 295 Å². The monoisotopic (exact) mass is 1510 g/mol. The van der Waals surface area contributed by atoms with Gasteiger partial charge in [0.25, 0.3) is 0 Å². The zero-order chi connectivity index (χ0) is 78.6. The largest absolute Gasteiger partial charge is 0.0616 e. The first-order chi connectivity index (χ1) is 59.6. The molecule has 0 unspecified atom stereocenters. The molecule has 0 aliphatic heterocycles. The molecule has 0 radical (unpaired) electrons. The molecule has 0 saturated heterocycles. The van der Waals surface area contributed by atoms with E-state index in [4.69, 9.17) is 0 Å². The van der Waals surface area contributed by atoms with Crippen LogP contribution >= 0.6 is 0 Å². The fourth-order valence-corrected chi connectivity index (χ4v) is 21.5. The molecule has 25 aromatic rings. The van der Waals surface area contributed by atoms with Gasteiger partial charge < -0.3 is 0 Å². The first kappa shape index (κ1) is 67.7. The van der Waals surface area contributed by atoms with Crippen LogP contribution in [0.15, 0.2) is 437 Å². The highest BCUT2D eigenvalue weighted by atomic mass is 14.2. The molecular formula is C120H72. The molecule has 24 bridgehead atoms. The molecule has 552 valence electrons. The van der Waals surface area contributed by atoms with Crippen molar-refractivity contribution in [3.05, 3.63) is 437 Å². The highest BCUT2D eigenvalue weighted by Crippen LogP contribution is 2.48. The average molecular weight is 1510 g/mol. The van der Waals surface area contributed by atoms with Crippen LogP contribution in [-0.2, 0) is 0 Å². The van der Waals surface area contributed by atoms with E-state index in [9.17, 15) is 0 Å². The normalized spacial score (nSPS) is 12.0. The molecule has 0 heterocycles. The third-order valence-electron chi connectivity index (χ3n) is 26.2. The van der Waals surface area contributed by atoms with Gasteiger partial charge >= 0.3 is 0 Å². The Labute approximate surface area is 690 Å². The average Bonchev–Trinajstić information content (AvgIpc) is 0.731. The zero-order valence-electron chi connectivity index (χ0n) is 65.6. The van der Waals surface area contributed by atoms with Gasteiger partial charge in [0.1, 0.15) is 0 Å². The lowest BCUT2D eigenvalue weighted by molar-refractivity contribution is 1.78. The standard InChI is InChI=1S/C120H72/c1-2-44-86-85(43-1)109-73-31-25-33-75(67-73)111-89-47-5-7-49-91(89)113(92-50-8-6-48-90(92)111)77-35-27-37-79(69-77)115-97-55-13-15-57-99(97)117(100-58-16-14-56-98(100)115)81-39-29-41-83(71-81)119-105-63-21-23-65-107(105)120(108-66-24-22-64-106(108)119)84-42-30-40-82(72-84)118-103-61-19-17-59-101(103)116(102-60-18-20-62-104(102)118)80-38-28-36-78(70-80)114-95-53-11-9-51-93(95)112(94-52-10-12-54-96(94)114)76-34-26-32-74(68-76)110(86)88-46-4-3-45-87(88)109/h1-72H. The Morgan fingerprint density at radius 1 is 0.0667 bits per heavy atom. The molecule has 0 atom stereocenters. The maximum Gasteiger partial charge on any atom is -0.00262 e. The molecule has 0 aliphatic rings. The topological polar surface area (TPSA) is 0 Å². The van der Waals surface area contributed by atoms with Gasteiger partial charge in [-0.3, -0.25) is 0 Å². The first-order valence-electron chi connectivity index (χ1n) is 41.9. The lowest BCUT2D eigenvalue weighted by Crippen LogP contribution is -1.86. The van der Waals surface area contributed by atoms with E-state index >= 15 is 0 Å². The summed E-state index contributed by atoms with van der Waals surface area (Å²) >= 11 is 0. The summed E-state index contributed by atoms with van der Waals surface area (Å²) in [4.78, 5) is 0. The van der Waals surface area contributed by atoms with Gasteiger partial charge in [0.15, 0.2) is 0 Å². The lowest BCUT2D eigenvalue weighted by Gasteiger charge is -2.14. The summed E-state index contributed by atoms with van der Waals surface area (Å²) in [5.41, 5.74) is 0. The Balaban J connectivity index is 0.840. The minimum Gasteiger partial charge on any atom is -0.0616 e. The van der Waals surface area contributed by atoms with E-state index < -0.39 is 0 Å². The summed E-state index contributed by atoms with van der Waals surface area (Å²) in [5.74, 6) is 0. The molecule has 0 fully saturated rings. The van der Waals surface area contributed by atoms with Crippen molar-refractivity contribution in [3.8, 4) is 0 Å². The van der Waals surface area contributed by atoms with E-state index in [2.05, 4.69) is 437 Å². The van der Waals surface area contributed by atoms with Crippen LogP contribution in [0.3, 0.4) is 0 Å². The second kappa shape index (κ2) is 27.0. The summed E-state index contributed by atoms with van der Waals surface area (Å²) in [6, 6.07) is 166. The maximum absolute atomic E-state index is 2.47. The highest BCUT2D eigenvalue weighted by molar-refractivity contribution is 6.40. The molecule has 0 amide bonds. The van der Waals surface area contributed by atoms with Crippen molar-refractivity contribution in [2.45, 2.75) is 0 Å². The van der Waals surface area contributed by atoms with Crippen molar-refractivity contribution in [2.75, 3.05) is 0 Å². The van der Waals surface area contributed by atoms with Crippen LogP contribution in [0.1, 0.15) is 0 Å². The van der Waals surface area contributed by atoms with Crippen LogP contribution < -0.4 is 0 Å². The number of rotatable bonds is 0. The molecule has 0 spiro atoms. The molecule has 25 aromatic carbocycles. The van der Waals surface area contributed by atoms with Crippen LogP contribution in [0.5, 0.6) is 0 Å². The summed E-state index contributed by atoms with van der Waals surface area (Å²) in [6.07, 6.45) is 0. The van der Waals surface area contributed by atoms with Crippen molar-refractivity contribution in [3.63, 3.8) is 0 Å². The van der Waals surface area contributed by atoms with Gasteiger partial charge in [0.05, 0.1) is 0 Å². The fraction of sp³-hybridized carbons (Fsp3) is 0.